The first-order valence-corrected chi connectivity index (χ1v) is 7.57. The lowest BCUT2D eigenvalue weighted by Gasteiger charge is -1.99. The van der Waals surface area contributed by atoms with Crippen LogP contribution in [0.5, 0.6) is 0 Å². The molecule has 0 aliphatic carbocycles. The average molecular weight is 305 g/mol. The molecule has 2 aromatic rings. The number of nitrogens with zero attached hydrogens (tertiary/aromatic N) is 2. The number of halogens is 1. The van der Waals surface area contributed by atoms with Gasteiger partial charge in [-0.15, -0.1) is 11.3 Å². The third-order valence-electron chi connectivity index (χ3n) is 2.05. The Balaban J connectivity index is 2.75. The number of aromatic nitrogens is 2. The number of aryl methyl sites for hydroxylation is 1. The summed E-state index contributed by atoms with van der Waals surface area (Å²) in [5.74, 6) is 0. The van der Waals surface area contributed by atoms with Crippen LogP contribution in [0.15, 0.2) is 15.0 Å². The predicted octanol–water partition coefficient (Wildman–Crippen LogP) is 2.75. The fourth-order valence-electron chi connectivity index (χ4n) is 1.33. The minimum Gasteiger partial charge on any atom is -0.252 e. The lowest BCUT2D eigenvalue weighted by atomic mass is 10.2. The number of rotatable bonds is 2. The lowest BCUT2D eigenvalue weighted by molar-refractivity contribution is 0.686. The maximum Gasteiger partial charge on any atom is 0.183 e. The van der Waals surface area contributed by atoms with Gasteiger partial charge in [0, 0.05) is 16.9 Å². The van der Waals surface area contributed by atoms with E-state index in [0.29, 0.717) is 9.99 Å². The highest BCUT2D eigenvalue weighted by atomic mass is 79.9. The zero-order valence-corrected chi connectivity index (χ0v) is 11.5. The molecule has 0 aliphatic heterocycles. The highest BCUT2D eigenvalue weighted by Crippen LogP contribution is 2.30. The maximum atomic E-state index is 11.3. The summed E-state index contributed by atoms with van der Waals surface area (Å²) in [6.45, 7) is 2.09. The first kappa shape index (κ1) is 11.2. The van der Waals surface area contributed by atoms with E-state index in [-0.39, 0.29) is 0 Å². The highest BCUT2D eigenvalue weighted by Gasteiger charge is 2.12. The first-order valence-electron chi connectivity index (χ1n) is 4.40. The minimum atomic E-state index is -1.03. The molecule has 0 aliphatic rings. The molecule has 0 aromatic carbocycles. The molecule has 15 heavy (non-hydrogen) atoms. The van der Waals surface area contributed by atoms with Gasteiger partial charge in [-0.1, -0.05) is 6.92 Å². The number of pyridine rings is 1. The van der Waals surface area contributed by atoms with Crippen LogP contribution in [0.4, 0.5) is 0 Å². The van der Waals surface area contributed by atoms with Crippen molar-refractivity contribution in [1.29, 1.82) is 0 Å². The average Bonchev–Trinajstić information content (AvgIpc) is 2.61. The molecule has 0 bridgehead atoms. The fourth-order valence-corrected chi connectivity index (χ4v) is 3.85. The molecule has 0 saturated carbocycles. The van der Waals surface area contributed by atoms with Crippen molar-refractivity contribution in [3.05, 3.63) is 16.2 Å². The van der Waals surface area contributed by atoms with Crippen LogP contribution in [0.2, 0.25) is 0 Å². The molecule has 0 fully saturated rings. The maximum absolute atomic E-state index is 11.3. The van der Waals surface area contributed by atoms with Gasteiger partial charge in [0.05, 0.1) is 15.5 Å². The van der Waals surface area contributed by atoms with Crippen molar-refractivity contribution in [3.8, 4) is 0 Å². The van der Waals surface area contributed by atoms with Crippen LogP contribution in [0.1, 0.15) is 12.5 Å². The van der Waals surface area contributed by atoms with Crippen molar-refractivity contribution in [2.45, 2.75) is 17.7 Å². The molecule has 2 heterocycles. The minimum absolute atomic E-state index is 0.644. The Morgan fingerprint density at radius 1 is 1.60 bits per heavy atom. The van der Waals surface area contributed by atoms with E-state index in [1.165, 1.54) is 16.9 Å². The van der Waals surface area contributed by atoms with Crippen molar-refractivity contribution >= 4 is 48.4 Å². The number of hydrogen-bond donors (Lipinski definition) is 0. The summed E-state index contributed by atoms with van der Waals surface area (Å²) in [5.41, 5.74) is 1.89. The third kappa shape index (κ3) is 1.98. The van der Waals surface area contributed by atoms with Gasteiger partial charge in [0.25, 0.3) is 0 Å². The van der Waals surface area contributed by atoms with Crippen molar-refractivity contribution in [2.75, 3.05) is 6.26 Å². The van der Waals surface area contributed by atoms with Crippen molar-refractivity contribution in [1.82, 2.24) is 9.97 Å². The van der Waals surface area contributed by atoms with Gasteiger partial charge >= 0.3 is 0 Å². The van der Waals surface area contributed by atoms with E-state index in [4.69, 9.17) is 0 Å². The summed E-state index contributed by atoms with van der Waals surface area (Å²) in [7, 11) is -1.03. The van der Waals surface area contributed by atoms with E-state index >= 15 is 0 Å². The molecule has 0 unspecified atom stereocenters. The normalized spacial score (nSPS) is 13.3. The summed E-state index contributed by atoms with van der Waals surface area (Å²) in [5, 5.41) is 0. The van der Waals surface area contributed by atoms with Crippen molar-refractivity contribution in [3.63, 3.8) is 0 Å². The Labute approximate surface area is 103 Å². The Bertz CT molecular complexity index is 538. The molecule has 0 amide bonds. The molecule has 2 aromatic heterocycles. The van der Waals surface area contributed by atoms with Gasteiger partial charge in [-0.2, -0.15) is 0 Å². The van der Waals surface area contributed by atoms with Crippen LogP contribution in [-0.4, -0.2) is 20.4 Å². The standard InChI is InChI=1S/C9H9BrN2OS2/c1-3-5-6(10)4-11-8-7(5)14-9(12-8)15(2)13/h4H,3H2,1-2H3/t15-/m1/s1. The molecule has 1 atom stereocenters. The van der Waals surface area contributed by atoms with Crippen molar-refractivity contribution in [2.24, 2.45) is 0 Å². The zero-order valence-electron chi connectivity index (χ0n) is 8.28. The molecule has 3 nitrogen and oxygen atoms in total. The lowest BCUT2D eigenvalue weighted by Crippen LogP contribution is -1.86. The van der Waals surface area contributed by atoms with Gasteiger partial charge in [-0.25, -0.2) is 9.97 Å². The quantitative estimate of drug-likeness (QED) is 0.857. The number of fused-ring (bicyclic) bond motifs is 1. The van der Waals surface area contributed by atoms with Gasteiger partial charge in [0.1, 0.15) is 0 Å². The van der Waals surface area contributed by atoms with E-state index in [1.807, 2.05) is 0 Å². The van der Waals surface area contributed by atoms with E-state index in [9.17, 15) is 4.21 Å². The van der Waals surface area contributed by atoms with E-state index in [2.05, 4.69) is 32.8 Å². The smallest absolute Gasteiger partial charge is 0.183 e. The molecular formula is C9H9BrN2OS2. The SMILES string of the molecule is CCc1c(Br)cnc2nc([S@@](C)=O)sc12. The molecule has 0 saturated heterocycles. The first-order chi connectivity index (χ1) is 7.13. The van der Waals surface area contributed by atoms with Gasteiger partial charge in [-0.3, -0.25) is 4.21 Å². The second kappa shape index (κ2) is 4.27. The van der Waals surface area contributed by atoms with Crippen LogP contribution in [0.3, 0.4) is 0 Å². The molecule has 0 N–H and O–H groups in total. The number of thiazole rings is 1. The molecule has 6 heteroatoms. The molecule has 80 valence electrons. The van der Waals surface area contributed by atoms with E-state index in [1.54, 1.807) is 12.5 Å². The van der Waals surface area contributed by atoms with E-state index < -0.39 is 10.8 Å². The zero-order chi connectivity index (χ0) is 11.0. The fraction of sp³-hybridized carbons (Fsp3) is 0.333. The Hall–Kier alpha value is -0.330. The summed E-state index contributed by atoms with van der Waals surface area (Å²) in [4.78, 5) is 8.46. The van der Waals surface area contributed by atoms with Crippen LogP contribution in [-0.2, 0) is 17.2 Å². The van der Waals surface area contributed by atoms with Crippen LogP contribution < -0.4 is 0 Å². The number of hydrogen-bond acceptors (Lipinski definition) is 4. The van der Waals surface area contributed by atoms with E-state index in [0.717, 1.165) is 15.6 Å². The third-order valence-corrected chi connectivity index (χ3v) is 5.17. The monoisotopic (exact) mass is 304 g/mol. The largest absolute Gasteiger partial charge is 0.252 e. The van der Waals surface area contributed by atoms with Gasteiger partial charge < -0.3 is 0 Å². The summed E-state index contributed by atoms with van der Waals surface area (Å²) in [6, 6.07) is 0. The Morgan fingerprint density at radius 2 is 2.33 bits per heavy atom. The topological polar surface area (TPSA) is 42.9 Å². The van der Waals surface area contributed by atoms with Gasteiger partial charge in [-0.05, 0) is 27.9 Å². The molecule has 0 radical (unpaired) electrons. The Kier molecular flexibility index (Phi) is 3.18. The Morgan fingerprint density at radius 3 is 2.93 bits per heavy atom. The van der Waals surface area contributed by atoms with Gasteiger partial charge in [0.2, 0.25) is 0 Å². The molecule has 2 rings (SSSR count). The second-order valence-electron chi connectivity index (χ2n) is 3.02. The summed E-state index contributed by atoms with van der Waals surface area (Å²) < 4.78 is 14.0. The molecule has 0 spiro atoms. The summed E-state index contributed by atoms with van der Waals surface area (Å²) in [6.07, 6.45) is 4.30. The summed E-state index contributed by atoms with van der Waals surface area (Å²) >= 11 is 4.93. The van der Waals surface area contributed by atoms with Crippen molar-refractivity contribution < 1.29 is 4.21 Å². The molecular weight excluding hydrogens is 296 g/mol. The second-order valence-corrected chi connectivity index (χ2v) is 6.43. The van der Waals surface area contributed by atoms with Gasteiger partial charge in [0.15, 0.2) is 9.99 Å². The van der Waals surface area contributed by atoms with Crippen LogP contribution >= 0.6 is 27.3 Å². The predicted molar refractivity (Wildman–Crippen MR) is 66.8 cm³/mol. The van der Waals surface area contributed by atoms with Crippen LogP contribution in [0.25, 0.3) is 10.3 Å². The highest BCUT2D eigenvalue weighted by molar-refractivity contribution is 9.10. The van der Waals surface area contributed by atoms with Crippen LogP contribution in [0, 0.1) is 0 Å².